The summed E-state index contributed by atoms with van der Waals surface area (Å²) in [5.41, 5.74) is 8.82. The first-order valence-electron chi connectivity index (χ1n) is 7.51. The largest absolute Gasteiger partial charge is 0.465 e. The number of carbonyl (C=O) groups excluding carboxylic acids is 1. The number of carboxylic acid groups (broad SMARTS) is 1. The zero-order chi connectivity index (χ0) is 17.1. The second-order valence-corrected chi connectivity index (χ2v) is 5.54. The number of fused-ring (bicyclic) bond motifs is 1. The van der Waals surface area contributed by atoms with Crippen molar-refractivity contribution in [2.75, 3.05) is 11.4 Å². The number of pyridine rings is 2. The van der Waals surface area contributed by atoms with E-state index in [-0.39, 0.29) is 6.54 Å². The third-order valence-electron chi connectivity index (χ3n) is 3.86. The van der Waals surface area contributed by atoms with E-state index in [4.69, 9.17) is 10.8 Å². The van der Waals surface area contributed by atoms with Gasteiger partial charge in [-0.2, -0.15) is 0 Å². The molecular formula is C16H17N5O3. The van der Waals surface area contributed by atoms with Gasteiger partial charge < -0.3 is 16.2 Å². The van der Waals surface area contributed by atoms with E-state index >= 15 is 0 Å². The van der Waals surface area contributed by atoms with Crippen molar-refractivity contribution in [2.24, 2.45) is 5.73 Å². The van der Waals surface area contributed by atoms with Crippen LogP contribution in [0, 0.1) is 0 Å². The number of aryl methyl sites for hydroxylation is 1. The van der Waals surface area contributed by atoms with E-state index in [1.807, 2.05) is 12.1 Å². The molecule has 24 heavy (non-hydrogen) atoms. The smallest absolute Gasteiger partial charge is 0.404 e. The van der Waals surface area contributed by atoms with Gasteiger partial charge in [0.2, 0.25) is 0 Å². The van der Waals surface area contributed by atoms with E-state index in [1.165, 1.54) is 4.90 Å². The van der Waals surface area contributed by atoms with Crippen molar-refractivity contribution in [2.45, 2.75) is 19.4 Å². The number of aromatic nitrogens is 2. The van der Waals surface area contributed by atoms with Crippen LogP contribution in [0.2, 0.25) is 0 Å². The highest BCUT2D eigenvalue weighted by molar-refractivity contribution is 5.91. The second-order valence-electron chi connectivity index (χ2n) is 5.54. The van der Waals surface area contributed by atoms with Crippen LogP contribution in [0.25, 0.3) is 11.1 Å². The summed E-state index contributed by atoms with van der Waals surface area (Å²) >= 11 is 0. The summed E-state index contributed by atoms with van der Waals surface area (Å²) in [4.78, 5) is 32.1. The Hall–Kier alpha value is -3.16. The lowest BCUT2D eigenvalue weighted by molar-refractivity contribution is 0.194. The van der Waals surface area contributed by atoms with E-state index in [1.54, 1.807) is 18.6 Å². The summed E-state index contributed by atoms with van der Waals surface area (Å²) in [5, 5.41) is 11.0. The lowest BCUT2D eigenvalue weighted by Crippen LogP contribution is -2.40. The van der Waals surface area contributed by atoms with Crippen LogP contribution in [0.1, 0.15) is 17.5 Å². The molecule has 0 saturated carbocycles. The normalized spacial score (nSPS) is 13.2. The van der Waals surface area contributed by atoms with Crippen LogP contribution in [-0.2, 0) is 13.0 Å². The van der Waals surface area contributed by atoms with Crippen LogP contribution < -0.4 is 16.0 Å². The van der Waals surface area contributed by atoms with Gasteiger partial charge in [-0.05, 0) is 36.1 Å². The van der Waals surface area contributed by atoms with Crippen molar-refractivity contribution in [1.29, 1.82) is 0 Å². The number of anilines is 1. The second kappa shape index (κ2) is 6.53. The minimum atomic E-state index is -1.08. The van der Waals surface area contributed by atoms with Crippen molar-refractivity contribution in [3.05, 3.63) is 41.9 Å². The van der Waals surface area contributed by atoms with Gasteiger partial charge in [-0.15, -0.1) is 0 Å². The fraction of sp³-hybridized carbons (Fsp3) is 0.250. The first-order valence-corrected chi connectivity index (χ1v) is 7.51. The lowest BCUT2D eigenvalue weighted by atomic mass is 10.0. The van der Waals surface area contributed by atoms with Gasteiger partial charge in [0.05, 0.1) is 0 Å². The number of hydrogen-bond acceptors (Lipinski definition) is 4. The van der Waals surface area contributed by atoms with Crippen molar-refractivity contribution < 1.29 is 14.7 Å². The van der Waals surface area contributed by atoms with Crippen LogP contribution in [-0.4, -0.2) is 33.7 Å². The highest BCUT2D eigenvalue weighted by Crippen LogP contribution is 2.29. The Labute approximate surface area is 138 Å². The molecule has 0 aromatic carbocycles. The molecule has 0 radical (unpaired) electrons. The van der Waals surface area contributed by atoms with Crippen LogP contribution in [0.5, 0.6) is 0 Å². The molecule has 0 saturated heterocycles. The summed E-state index contributed by atoms with van der Waals surface area (Å²) in [6, 6.07) is 3.34. The molecule has 0 aliphatic carbocycles. The molecule has 0 spiro atoms. The number of primary amides is 1. The molecule has 3 amide bonds. The summed E-state index contributed by atoms with van der Waals surface area (Å²) in [5.74, 6) is 0.606. The molecule has 0 bridgehead atoms. The monoisotopic (exact) mass is 327 g/mol. The Bertz CT molecular complexity index is 793. The number of rotatable bonds is 3. The topological polar surface area (TPSA) is 121 Å². The van der Waals surface area contributed by atoms with E-state index in [0.29, 0.717) is 12.4 Å². The predicted octanol–water partition coefficient (Wildman–Crippen LogP) is 1.74. The standard InChI is InChI=1S/C16H17N5O3/c17-15(22)21-3-1-2-11-5-13(9-19-14(11)21)12-4-10(6-18-8-12)7-20-16(23)24/h4-6,8-9,20H,1-3,7H2,(H2,17,22)(H,23,24). The molecular weight excluding hydrogens is 310 g/mol. The molecule has 0 unspecified atom stereocenters. The molecule has 0 fully saturated rings. The average molecular weight is 327 g/mol. The average Bonchev–Trinajstić information content (AvgIpc) is 2.59. The Kier molecular flexibility index (Phi) is 4.28. The summed E-state index contributed by atoms with van der Waals surface area (Å²) in [6.07, 6.45) is 5.56. The maximum Gasteiger partial charge on any atom is 0.404 e. The van der Waals surface area contributed by atoms with Gasteiger partial charge in [0, 0.05) is 42.8 Å². The Morgan fingerprint density at radius 1 is 1.25 bits per heavy atom. The van der Waals surface area contributed by atoms with Crippen molar-refractivity contribution in [1.82, 2.24) is 15.3 Å². The van der Waals surface area contributed by atoms with Crippen LogP contribution in [0.15, 0.2) is 30.7 Å². The van der Waals surface area contributed by atoms with Crippen LogP contribution in [0.3, 0.4) is 0 Å². The molecule has 1 aliphatic rings. The van der Waals surface area contributed by atoms with Crippen molar-refractivity contribution in [3.8, 4) is 11.1 Å². The number of nitrogens with two attached hydrogens (primary N) is 1. The van der Waals surface area contributed by atoms with Crippen LogP contribution >= 0.6 is 0 Å². The third-order valence-corrected chi connectivity index (χ3v) is 3.86. The van der Waals surface area contributed by atoms with Crippen molar-refractivity contribution in [3.63, 3.8) is 0 Å². The van der Waals surface area contributed by atoms with Gasteiger partial charge in [0.25, 0.3) is 0 Å². The molecule has 8 nitrogen and oxygen atoms in total. The zero-order valence-electron chi connectivity index (χ0n) is 12.9. The fourth-order valence-corrected chi connectivity index (χ4v) is 2.76. The predicted molar refractivity (Wildman–Crippen MR) is 87.6 cm³/mol. The SMILES string of the molecule is NC(=O)N1CCCc2cc(-c3cncc(CNC(=O)O)c3)cnc21. The summed E-state index contributed by atoms with van der Waals surface area (Å²) in [6.45, 7) is 0.760. The number of amides is 3. The van der Waals surface area contributed by atoms with E-state index in [9.17, 15) is 9.59 Å². The maximum absolute atomic E-state index is 11.5. The first-order chi connectivity index (χ1) is 11.5. The van der Waals surface area contributed by atoms with E-state index < -0.39 is 12.1 Å². The quantitative estimate of drug-likeness (QED) is 0.792. The Morgan fingerprint density at radius 2 is 2.04 bits per heavy atom. The van der Waals surface area contributed by atoms with E-state index in [0.717, 1.165) is 35.1 Å². The molecule has 3 heterocycles. The number of carbonyl (C=O) groups is 2. The summed E-state index contributed by atoms with van der Waals surface area (Å²) < 4.78 is 0. The van der Waals surface area contributed by atoms with Gasteiger partial charge in [0.15, 0.2) is 0 Å². The number of urea groups is 1. The van der Waals surface area contributed by atoms with Gasteiger partial charge in [-0.1, -0.05) is 0 Å². The third kappa shape index (κ3) is 3.27. The fourth-order valence-electron chi connectivity index (χ4n) is 2.76. The van der Waals surface area contributed by atoms with Crippen LogP contribution in [0.4, 0.5) is 15.4 Å². The highest BCUT2D eigenvalue weighted by Gasteiger charge is 2.22. The molecule has 8 heteroatoms. The minimum Gasteiger partial charge on any atom is -0.465 e. The zero-order valence-corrected chi connectivity index (χ0v) is 12.9. The van der Waals surface area contributed by atoms with Gasteiger partial charge in [-0.3, -0.25) is 9.88 Å². The molecule has 4 N–H and O–H groups in total. The molecule has 1 aliphatic heterocycles. The molecule has 124 valence electrons. The molecule has 2 aromatic rings. The first kappa shape index (κ1) is 15.7. The lowest BCUT2D eigenvalue weighted by Gasteiger charge is -2.26. The van der Waals surface area contributed by atoms with E-state index in [2.05, 4.69) is 15.3 Å². The highest BCUT2D eigenvalue weighted by atomic mass is 16.4. The van der Waals surface area contributed by atoms with Gasteiger partial charge >= 0.3 is 12.1 Å². The number of hydrogen-bond donors (Lipinski definition) is 3. The van der Waals surface area contributed by atoms with Gasteiger partial charge in [-0.25, -0.2) is 14.6 Å². The summed E-state index contributed by atoms with van der Waals surface area (Å²) in [7, 11) is 0. The molecule has 2 aromatic heterocycles. The maximum atomic E-state index is 11.5. The minimum absolute atomic E-state index is 0.185. The van der Waals surface area contributed by atoms with Gasteiger partial charge in [0.1, 0.15) is 5.82 Å². The number of nitrogens with one attached hydrogen (secondary N) is 1. The Morgan fingerprint density at radius 3 is 2.79 bits per heavy atom. The Balaban J connectivity index is 1.89. The molecule has 3 rings (SSSR count). The molecule has 0 atom stereocenters. The van der Waals surface area contributed by atoms with Crippen molar-refractivity contribution >= 4 is 17.9 Å². The number of nitrogens with zero attached hydrogens (tertiary/aromatic N) is 3.